The van der Waals surface area contributed by atoms with Gasteiger partial charge in [0, 0.05) is 0 Å². The van der Waals surface area contributed by atoms with Crippen molar-refractivity contribution in [1.82, 2.24) is 0 Å². The highest BCUT2D eigenvalue weighted by Crippen LogP contribution is 2.39. The van der Waals surface area contributed by atoms with Gasteiger partial charge in [-0.05, 0) is 39.2 Å². The molecule has 0 saturated carbocycles. The maximum atomic E-state index is 3.49. The predicted molar refractivity (Wildman–Crippen MR) is 88.1 cm³/mol. The molecule has 0 amide bonds. The molecule has 0 atom stereocenters. The van der Waals surface area contributed by atoms with Crippen LogP contribution >= 0.6 is 0 Å². The molecule has 2 rings (SSSR count). The molecule has 0 spiro atoms. The Bertz CT molecular complexity index is 578. The first-order valence-electron chi connectivity index (χ1n) is 7.32. The van der Waals surface area contributed by atoms with E-state index in [0.717, 1.165) is 0 Å². The molecule has 0 aromatic heterocycles. The van der Waals surface area contributed by atoms with Gasteiger partial charge in [-0.1, -0.05) is 84.0 Å². The summed E-state index contributed by atoms with van der Waals surface area (Å²) in [7, 11) is 0. The molecular formula is C20H25. The zero-order valence-corrected chi connectivity index (χ0v) is 13.5. The van der Waals surface area contributed by atoms with E-state index in [0.29, 0.717) is 0 Å². The maximum Gasteiger partial charge on any atom is -0.0123 e. The minimum atomic E-state index is 0.103. The molecule has 0 saturated heterocycles. The fourth-order valence-corrected chi connectivity index (χ4v) is 2.73. The highest BCUT2D eigenvalue weighted by Gasteiger charge is 2.27. The molecule has 0 aliphatic rings. The van der Waals surface area contributed by atoms with E-state index < -0.39 is 0 Å². The topological polar surface area (TPSA) is 0 Å². The average Bonchev–Trinajstić information content (AvgIpc) is 2.37. The maximum absolute atomic E-state index is 3.49. The molecule has 1 radical (unpaired) electrons. The minimum Gasteiger partial charge on any atom is -0.0622 e. The second-order valence-corrected chi connectivity index (χ2v) is 7.51. The summed E-state index contributed by atoms with van der Waals surface area (Å²) >= 11 is 0. The van der Waals surface area contributed by atoms with Crippen LogP contribution in [-0.2, 0) is 10.8 Å². The lowest BCUT2D eigenvalue weighted by atomic mass is 9.72. The predicted octanol–water partition coefficient (Wildman–Crippen LogP) is 5.75. The lowest BCUT2D eigenvalue weighted by Gasteiger charge is -2.32. The van der Waals surface area contributed by atoms with Crippen molar-refractivity contribution in [2.24, 2.45) is 0 Å². The average molecular weight is 265 g/mol. The fourth-order valence-electron chi connectivity index (χ4n) is 2.73. The molecule has 0 unspecified atom stereocenters. The Morgan fingerprint density at radius 3 is 1.85 bits per heavy atom. The van der Waals surface area contributed by atoms with Crippen molar-refractivity contribution in [2.75, 3.05) is 0 Å². The summed E-state index contributed by atoms with van der Waals surface area (Å²) in [6.07, 6.45) is 0. The summed E-state index contributed by atoms with van der Waals surface area (Å²) in [5, 5.41) is 0. The molecular weight excluding hydrogens is 240 g/mol. The SMILES string of the molecule is CC(C)(C)c1[c]ccc(-c2ccccc2)c1C(C)(C)C. The van der Waals surface area contributed by atoms with Gasteiger partial charge in [0.05, 0.1) is 0 Å². The van der Waals surface area contributed by atoms with E-state index in [2.05, 4.69) is 90.1 Å². The number of rotatable bonds is 1. The van der Waals surface area contributed by atoms with E-state index >= 15 is 0 Å². The Morgan fingerprint density at radius 2 is 1.35 bits per heavy atom. The van der Waals surface area contributed by atoms with Crippen LogP contribution in [0.4, 0.5) is 0 Å². The standard InChI is InChI=1S/C20H25/c1-19(2,3)17-14-10-13-16(18(17)20(4,5)6)15-11-8-7-9-12-15/h7-13H,1-6H3. The van der Waals surface area contributed by atoms with E-state index in [1.807, 2.05) is 0 Å². The second kappa shape index (κ2) is 5.09. The highest BCUT2D eigenvalue weighted by atomic mass is 14.3. The first-order chi connectivity index (χ1) is 9.21. The molecule has 20 heavy (non-hydrogen) atoms. The Hall–Kier alpha value is -1.56. The van der Waals surface area contributed by atoms with Gasteiger partial charge in [0.1, 0.15) is 0 Å². The molecule has 0 heteroatoms. The molecule has 105 valence electrons. The normalized spacial score (nSPS) is 12.5. The molecule has 2 aromatic rings. The van der Waals surface area contributed by atoms with Crippen LogP contribution in [0.5, 0.6) is 0 Å². The smallest absolute Gasteiger partial charge is 0.0123 e. The van der Waals surface area contributed by atoms with Gasteiger partial charge in [0.15, 0.2) is 0 Å². The van der Waals surface area contributed by atoms with Gasteiger partial charge in [-0.3, -0.25) is 0 Å². The second-order valence-electron chi connectivity index (χ2n) is 7.51. The van der Waals surface area contributed by atoms with Crippen LogP contribution in [0.3, 0.4) is 0 Å². The first kappa shape index (κ1) is 14.8. The molecule has 0 heterocycles. The van der Waals surface area contributed by atoms with Gasteiger partial charge in [-0.2, -0.15) is 0 Å². The zero-order valence-electron chi connectivity index (χ0n) is 13.5. The van der Waals surface area contributed by atoms with Gasteiger partial charge in [-0.15, -0.1) is 0 Å². The van der Waals surface area contributed by atoms with Gasteiger partial charge >= 0.3 is 0 Å². The van der Waals surface area contributed by atoms with Crippen LogP contribution < -0.4 is 0 Å². The van der Waals surface area contributed by atoms with Gasteiger partial charge < -0.3 is 0 Å². The summed E-state index contributed by atoms with van der Waals surface area (Å²) < 4.78 is 0. The van der Waals surface area contributed by atoms with E-state index in [1.165, 1.54) is 22.3 Å². The molecule has 0 bridgehead atoms. The van der Waals surface area contributed by atoms with Crippen LogP contribution in [0.2, 0.25) is 0 Å². The van der Waals surface area contributed by atoms with E-state index in [9.17, 15) is 0 Å². The fraction of sp³-hybridized carbons (Fsp3) is 0.400. The summed E-state index contributed by atoms with van der Waals surface area (Å²) in [4.78, 5) is 0. The summed E-state index contributed by atoms with van der Waals surface area (Å²) in [6.45, 7) is 13.7. The first-order valence-corrected chi connectivity index (χ1v) is 7.32. The third-order valence-electron chi connectivity index (χ3n) is 3.58. The molecule has 0 fully saturated rings. The van der Waals surface area contributed by atoms with Crippen LogP contribution in [-0.4, -0.2) is 0 Å². The summed E-state index contributed by atoms with van der Waals surface area (Å²) in [6, 6.07) is 18.4. The van der Waals surface area contributed by atoms with E-state index in [-0.39, 0.29) is 10.8 Å². The zero-order chi connectivity index (χ0) is 15.0. The number of hydrogen-bond acceptors (Lipinski definition) is 0. The third kappa shape index (κ3) is 2.95. The van der Waals surface area contributed by atoms with Crippen LogP contribution in [0.15, 0.2) is 42.5 Å². The Morgan fingerprint density at radius 1 is 0.750 bits per heavy atom. The van der Waals surface area contributed by atoms with Crippen molar-refractivity contribution in [3.8, 4) is 11.1 Å². The van der Waals surface area contributed by atoms with Crippen molar-refractivity contribution in [3.63, 3.8) is 0 Å². The lowest BCUT2D eigenvalue weighted by molar-refractivity contribution is 0.531. The van der Waals surface area contributed by atoms with Crippen molar-refractivity contribution in [3.05, 3.63) is 59.7 Å². The third-order valence-corrected chi connectivity index (χ3v) is 3.58. The molecule has 0 aliphatic heterocycles. The highest BCUT2D eigenvalue weighted by molar-refractivity contribution is 5.70. The van der Waals surface area contributed by atoms with Crippen molar-refractivity contribution < 1.29 is 0 Å². The molecule has 0 N–H and O–H groups in total. The summed E-state index contributed by atoms with van der Waals surface area (Å²) in [5.74, 6) is 0. The quantitative estimate of drug-likeness (QED) is 0.616. The molecule has 0 aliphatic carbocycles. The van der Waals surface area contributed by atoms with Gasteiger partial charge in [0.25, 0.3) is 0 Å². The van der Waals surface area contributed by atoms with Gasteiger partial charge in [0.2, 0.25) is 0 Å². The Kier molecular flexibility index (Phi) is 3.77. The van der Waals surface area contributed by atoms with Crippen molar-refractivity contribution >= 4 is 0 Å². The van der Waals surface area contributed by atoms with Crippen molar-refractivity contribution in [2.45, 2.75) is 52.4 Å². The minimum absolute atomic E-state index is 0.103. The van der Waals surface area contributed by atoms with Crippen molar-refractivity contribution in [1.29, 1.82) is 0 Å². The lowest BCUT2D eigenvalue weighted by Crippen LogP contribution is -2.23. The molecule has 2 aromatic carbocycles. The van der Waals surface area contributed by atoms with Crippen LogP contribution in [0.25, 0.3) is 11.1 Å². The van der Waals surface area contributed by atoms with Crippen LogP contribution in [0, 0.1) is 6.07 Å². The van der Waals surface area contributed by atoms with Gasteiger partial charge in [-0.25, -0.2) is 0 Å². The Balaban J connectivity index is 2.77. The van der Waals surface area contributed by atoms with Crippen LogP contribution in [0.1, 0.15) is 52.7 Å². The van der Waals surface area contributed by atoms with E-state index in [4.69, 9.17) is 0 Å². The largest absolute Gasteiger partial charge is 0.0622 e. The summed E-state index contributed by atoms with van der Waals surface area (Å²) in [5.41, 5.74) is 5.57. The van der Waals surface area contributed by atoms with E-state index in [1.54, 1.807) is 0 Å². The Labute approximate surface area is 123 Å². The molecule has 0 nitrogen and oxygen atoms in total. The number of benzene rings is 2. The monoisotopic (exact) mass is 265 g/mol. The number of hydrogen-bond donors (Lipinski definition) is 0.